The number of pyridine rings is 1. The zero-order valence-electron chi connectivity index (χ0n) is 21.5. The summed E-state index contributed by atoms with van der Waals surface area (Å²) in [4.78, 5) is 15.6. The van der Waals surface area contributed by atoms with Gasteiger partial charge in [-0.2, -0.15) is 4.98 Å². The van der Waals surface area contributed by atoms with Gasteiger partial charge in [0.05, 0.1) is 0 Å². The van der Waals surface area contributed by atoms with E-state index in [0.29, 0.717) is 11.7 Å². The fraction of sp³-hybridized carbons (Fsp3) is 0.464. The van der Waals surface area contributed by atoms with Gasteiger partial charge in [0.1, 0.15) is 5.69 Å². The fourth-order valence-electron chi connectivity index (χ4n) is 4.65. The predicted molar refractivity (Wildman–Crippen MR) is 144 cm³/mol. The van der Waals surface area contributed by atoms with E-state index >= 15 is 0 Å². The third-order valence-electron chi connectivity index (χ3n) is 6.70. The summed E-state index contributed by atoms with van der Waals surface area (Å²) in [6.07, 6.45) is 6.53. The Morgan fingerprint density at radius 2 is 1.80 bits per heavy atom. The van der Waals surface area contributed by atoms with E-state index in [1.807, 2.05) is 30.8 Å². The zero-order valence-corrected chi connectivity index (χ0v) is 22.3. The summed E-state index contributed by atoms with van der Waals surface area (Å²) in [7, 11) is 0. The van der Waals surface area contributed by atoms with Crippen LogP contribution in [-0.2, 0) is 6.42 Å². The van der Waals surface area contributed by atoms with Gasteiger partial charge < -0.3 is 9.42 Å². The lowest BCUT2D eigenvalue weighted by Gasteiger charge is -2.38. The van der Waals surface area contributed by atoms with Crippen LogP contribution in [0.5, 0.6) is 0 Å². The predicted octanol–water partition coefficient (Wildman–Crippen LogP) is 5.94. The molecule has 0 amide bonds. The van der Waals surface area contributed by atoms with Gasteiger partial charge >= 0.3 is 0 Å². The van der Waals surface area contributed by atoms with E-state index in [2.05, 4.69) is 70.4 Å². The van der Waals surface area contributed by atoms with E-state index < -0.39 is 0 Å². The summed E-state index contributed by atoms with van der Waals surface area (Å²) in [6.45, 7) is 11.9. The Labute approximate surface area is 213 Å². The highest BCUT2D eigenvalue weighted by atomic mass is 32.2. The summed E-state index contributed by atoms with van der Waals surface area (Å²) in [6, 6.07) is 14.9. The lowest BCUT2D eigenvalue weighted by atomic mass is 10.0. The smallest absolute Gasteiger partial charge is 0.276 e. The Morgan fingerprint density at radius 3 is 2.51 bits per heavy atom. The van der Waals surface area contributed by atoms with Crippen molar-refractivity contribution in [3.63, 3.8) is 0 Å². The first-order chi connectivity index (χ1) is 17.1. The SMILES string of the molecule is CC/C(C)=C(/c1ccccc1SC)N1CCN(CCCCc2cccc(-c3nc(C)no3)n2)CC1. The highest BCUT2D eigenvalue weighted by molar-refractivity contribution is 7.98. The van der Waals surface area contributed by atoms with Crippen molar-refractivity contribution >= 4 is 17.5 Å². The van der Waals surface area contributed by atoms with Gasteiger partial charge in [0.25, 0.3) is 5.89 Å². The fourth-order valence-corrected chi connectivity index (χ4v) is 5.25. The van der Waals surface area contributed by atoms with Crippen LogP contribution in [0.1, 0.15) is 50.2 Å². The normalized spacial score (nSPS) is 15.4. The molecule has 4 rings (SSSR count). The van der Waals surface area contributed by atoms with Gasteiger partial charge in [-0.1, -0.05) is 36.3 Å². The Hall–Kier alpha value is -2.64. The molecule has 7 heteroatoms. The molecular formula is C28H37N5OS. The molecule has 1 aromatic carbocycles. The average molecular weight is 492 g/mol. The molecular weight excluding hydrogens is 454 g/mol. The number of allylic oxidation sites excluding steroid dienone is 1. The first-order valence-corrected chi connectivity index (χ1v) is 13.9. The van der Waals surface area contributed by atoms with Crippen molar-refractivity contribution in [2.24, 2.45) is 0 Å². The van der Waals surface area contributed by atoms with Crippen molar-refractivity contribution in [1.82, 2.24) is 24.9 Å². The number of hydrogen-bond acceptors (Lipinski definition) is 7. The van der Waals surface area contributed by atoms with Gasteiger partial charge in [-0.25, -0.2) is 4.98 Å². The topological polar surface area (TPSA) is 58.3 Å². The zero-order chi connectivity index (χ0) is 24.6. The molecule has 0 radical (unpaired) electrons. The second-order valence-electron chi connectivity index (χ2n) is 9.13. The first-order valence-electron chi connectivity index (χ1n) is 12.7. The maximum Gasteiger partial charge on any atom is 0.276 e. The van der Waals surface area contributed by atoms with Crippen LogP contribution in [0, 0.1) is 6.92 Å². The standard InChI is InChI=1S/C28H37N5OS/c1-5-21(2)27(24-13-6-7-15-26(24)35-4)33-19-17-32(18-20-33)16-9-8-11-23-12-10-14-25(30-23)28-29-22(3)31-34-28/h6-7,10,12-15H,5,8-9,11,16-20H2,1-4H3/b27-21-. The maximum absolute atomic E-state index is 5.26. The number of thioether (sulfide) groups is 1. The summed E-state index contributed by atoms with van der Waals surface area (Å²) in [5, 5.41) is 3.87. The molecule has 0 N–H and O–H groups in total. The Kier molecular flexibility index (Phi) is 8.99. The van der Waals surface area contributed by atoms with Crippen LogP contribution in [0.15, 0.2) is 57.5 Å². The third kappa shape index (κ3) is 6.53. The molecule has 35 heavy (non-hydrogen) atoms. The third-order valence-corrected chi connectivity index (χ3v) is 7.49. The van der Waals surface area contributed by atoms with E-state index in [4.69, 9.17) is 9.51 Å². The van der Waals surface area contributed by atoms with Crippen LogP contribution in [0.2, 0.25) is 0 Å². The number of aromatic nitrogens is 3. The first kappa shape index (κ1) is 25.5. The number of unbranched alkanes of at least 4 members (excludes halogenated alkanes) is 1. The van der Waals surface area contributed by atoms with Crippen molar-refractivity contribution < 1.29 is 4.52 Å². The second-order valence-corrected chi connectivity index (χ2v) is 9.98. The molecule has 186 valence electrons. The molecule has 0 aliphatic carbocycles. The van der Waals surface area contributed by atoms with Crippen LogP contribution in [0.3, 0.4) is 0 Å². The molecule has 1 aliphatic rings. The van der Waals surface area contributed by atoms with E-state index in [9.17, 15) is 0 Å². The summed E-state index contributed by atoms with van der Waals surface area (Å²) in [5.41, 5.74) is 6.15. The number of rotatable bonds is 10. The van der Waals surface area contributed by atoms with Crippen molar-refractivity contribution in [3.05, 3.63) is 65.1 Å². The van der Waals surface area contributed by atoms with Crippen molar-refractivity contribution in [2.45, 2.75) is 51.3 Å². The molecule has 6 nitrogen and oxygen atoms in total. The molecule has 0 unspecified atom stereocenters. The minimum absolute atomic E-state index is 0.495. The highest BCUT2D eigenvalue weighted by Gasteiger charge is 2.22. The van der Waals surface area contributed by atoms with Crippen molar-refractivity contribution in [3.8, 4) is 11.6 Å². The van der Waals surface area contributed by atoms with Gasteiger partial charge in [0.2, 0.25) is 0 Å². The summed E-state index contributed by atoms with van der Waals surface area (Å²) >= 11 is 1.84. The largest absolute Gasteiger partial charge is 0.368 e. The van der Waals surface area contributed by atoms with E-state index in [-0.39, 0.29) is 0 Å². The average Bonchev–Trinajstić information content (AvgIpc) is 3.34. The van der Waals surface area contributed by atoms with Gasteiger partial charge in [-0.05, 0) is 76.1 Å². The molecule has 2 aromatic heterocycles. The van der Waals surface area contributed by atoms with Gasteiger partial charge in [-0.15, -0.1) is 11.8 Å². The monoisotopic (exact) mass is 491 g/mol. The van der Waals surface area contributed by atoms with Crippen LogP contribution in [0.4, 0.5) is 0 Å². The molecule has 0 bridgehead atoms. The number of nitrogens with zero attached hydrogens (tertiary/aromatic N) is 5. The van der Waals surface area contributed by atoms with Crippen LogP contribution < -0.4 is 0 Å². The molecule has 1 aliphatic heterocycles. The Morgan fingerprint density at radius 1 is 1.00 bits per heavy atom. The quantitative estimate of drug-likeness (QED) is 0.257. The molecule has 0 spiro atoms. The van der Waals surface area contributed by atoms with Gasteiger partial charge in [0.15, 0.2) is 5.82 Å². The molecule has 3 heterocycles. The number of aryl methyl sites for hydroxylation is 2. The van der Waals surface area contributed by atoms with Gasteiger partial charge in [-0.3, -0.25) is 4.90 Å². The van der Waals surface area contributed by atoms with Crippen molar-refractivity contribution in [2.75, 3.05) is 39.0 Å². The Bertz CT molecular complexity index is 1130. The lowest BCUT2D eigenvalue weighted by molar-refractivity contribution is 0.172. The molecule has 3 aromatic rings. The lowest BCUT2D eigenvalue weighted by Crippen LogP contribution is -2.45. The van der Waals surface area contributed by atoms with Crippen LogP contribution >= 0.6 is 11.8 Å². The minimum atomic E-state index is 0.495. The van der Waals surface area contributed by atoms with E-state index in [1.54, 1.807) is 0 Å². The summed E-state index contributed by atoms with van der Waals surface area (Å²) < 4.78 is 5.26. The summed E-state index contributed by atoms with van der Waals surface area (Å²) in [5.74, 6) is 1.13. The Balaban J connectivity index is 1.27. The van der Waals surface area contributed by atoms with Crippen LogP contribution in [-0.4, -0.2) is 63.9 Å². The second kappa shape index (κ2) is 12.4. The molecule has 0 saturated carbocycles. The molecule has 1 fully saturated rings. The molecule has 1 saturated heterocycles. The number of hydrogen-bond donors (Lipinski definition) is 0. The number of piperazine rings is 1. The van der Waals surface area contributed by atoms with Crippen molar-refractivity contribution in [1.29, 1.82) is 0 Å². The van der Waals surface area contributed by atoms with E-state index in [1.165, 1.54) is 28.1 Å². The number of benzene rings is 1. The van der Waals surface area contributed by atoms with Gasteiger partial charge in [0, 0.05) is 48.0 Å². The maximum atomic E-state index is 5.26. The molecule has 0 atom stereocenters. The highest BCUT2D eigenvalue weighted by Crippen LogP contribution is 2.32. The van der Waals surface area contributed by atoms with E-state index in [0.717, 1.165) is 63.4 Å². The van der Waals surface area contributed by atoms with Crippen LogP contribution in [0.25, 0.3) is 17.3 Å². The minimum Gasteiger partial charge on any atom is -0.368 e.